The zero-order valence-electron chi connectivity index (χ0n) is 15.6. The molecule has 30 heavy (non-hydrogen) atoms. The summed E-state index contributed by atoms with van der Waals surface area (Å²) in [6.45, 7) is 1.73. The lowest BCUT2D eigenvalue weighted by molar-refractivity contribution is -0.384. The average molecular weight is 416 g/mol. The number of rotatable bonds is 3. The Morgan fingerprint density at radius 2 is 1.83 bits per heavy atom. The number of nitro benzene ring substituents is 1. The van der Waals surface area contributed by atoms with E-state index in [1.807, 2.05) is 0 Å². The summed E-state index contributed by atoms with van der Waals surface area (Å²) in [5.41, 5.74) is -2.17. The smallest absolute Gasteiger partial charge is 0.362 e. The number of halogens is 3. The maximum Gasteiger partial charge on any atom is 0.438 e. The number of nitrogens with zero attached hydrogens (tertiary/aromatic N) is 4. The fourth-order valence-corrected chi connectivity index (χ4v) is 3.38. The number of para-hydroxylation sites is 1. The zero-order valence-corrected chi connectivity index (χ0v) is 15.6. The summed E-state index contributed by atoms with van der Waals surface area (Å²) in [4.78, 5) is 14.5. The van der Waals surface area contributed by atoms with Crippen molar-refractivity contribution in [2.75, 3.05) is 5.01 Å². The Kier molecular flexibility index (Phi) is 4.46. The second-order valence-electron chi connectivity index (χ2n) is 6.97. The van der Waals surface area contributed by atoms with Crippen LogP contribution in [0.5, 0.6) is 0 Å². The maximum absolute atomic E-state index is 13.9. The SMILES string of the molecule is Cc1cc(N2N=C(c3ccc([N+](=O)[O-])cc3)CC2(O)C(F)(F)F)nc2ccccc12. The van der Waals surface area contributed by atoms with Crippen LogP contribution in [0.2, 0.25) is 0 Å². The van der Waals surface area contributed by atoms with Gasteiger partial charge >= 0.3 is 6.18 Å². The number of hydrogen-bond donors (Lipinski definition) is 1. The molecular formula is C20H15F3N4O3. The lowest BCUT2D eigenvalue weighted by atomic mass is 10.0. The topological polar surface area (TPSA) is 91.9 Å². The van der Waals surface area contributed by atoms with Crippen molar-refractivity contribution in [2.45, 2.75) is 25.2 Å². The van der Waals surface area contributed by atoms with Crippen LogP contribution in [0.3, 0.4) is 0 Å². The number of aliphatic hydroxyl groups is 1. The Labute approximate surface area is 168 Å². The number of nitro groups is 1. The van der Waals surface area contributed by atoms with E-state index in [1.165, 1.54) is 30.3 Å². The van der Waals surface area contributed by atoms with Crippen molar-refractivity contribution < 1.29 is 23.2 Å². The minimum Gasteiger partial charge on any atom is -0.362 e. The summed E-state index contributed by atoms with van der Waals surface area (Å²) in [7, 11) is 0. The summed E-state index contributed by atoms with van der Waals surface area (Å²) >= 11 is 0. The molecule has 1 aromatic heterocycles. The maximum atomic E-state index is 13.9. The number of aryl methyl sites for hydroxylation is 1. The number of non-ortho nitro benzene ring substituents is 1. The quantitative estimate of drug-likeness (QED) is 0.507. The van der Waals surface area contributed by atoms with Gasteiger partial charge in [-0.25, -0.2) is 9.99 Å². The van der Waals surface area contributed by atoms with Gasteiger partial charge in [0.1, 0.15) is 0 Å². The molecule has 4 rings (SSSR count). The van der Waals surface area contributed by atoms with Gasteiger partial charge in [-0.1, -0.05) is 18.2 Å². The number of alkyl halides is 3. The lowest BCUT2D eigenvalue weighted by Gasteiger charge is -2.33. The van der Waals surface area contributed by atoms with Gasteiger partial charge in [0.25, 0.3) is 11.4 Å². The fraction of sp³-hybridized carbons (Fsp3) is 0.200. The van der Waals surface area contributed by atoms with Crippen molar-refractivity contribution in [3.63, 3.8) is 0 Å². The lowest BCUT2D eigenvalue weighted by Crippen LogP contribution is -2.55. The van der Waals surface area contributed by atoms with Crippen LogP contribution in [0.25, 0.3) is 10.9 Å². The summed E-state index contributed by atoms with van der Waals surface area (Å²) in [6.07, 6.45) is -5.87. The summed E-state index contributed by atoms with van der Waals surface area (Å²) in [6, 6.07) is 13.3. The molecule has 1 N–H and O–H groups in total. The van der Waals surface area contributed by atoms with E-state index in [-0.39, 0.29) is 22.8 Å². The molecule has 2 aromatic carbocycles. The zero-order chi connectivity index (χ0) is 21.7. The van der Waals surface area contributed by atoms with Crippen molar-refractivity contribution in [1.82, 2.24) is 4.98 Å². The first-order valence-electron chi connectivity index (χ1n) is 8.88. The summed E-state index contributed by atoms with van der Waals surface area (Å²) < 4.78 is 41.6. The van der Waals surface area contributed by atoms with Crippen molar-refractivity contribution >= 4 is 28.1 Å². The molecule has 154 valence electrons. The van der Waals surface area contributed by atoms with Crippen LogP contribution in [-0.2, 0) is 0 Å². The molecule has 0 saturated carbocycles. The number of anilines is 1. The molecule has 0 spiro atoms. The highest BCUT2D eigenvalue weighted by Gasteiger charge is 2.62. The third-order valence-electron chi connectivity index (χ3n) is 4.98. The van der Waals surface area contributed by atoms with Gasteiger partial charge in [0.05, 0.1) is 22.6 Å². The van der Waals surface area contributed by atoms with E-state index in [0.717, 1.165) is 5.39 Å². The molecule has 2 heterocycles. The van der Waals surface area contributed by atoms with Crippen LogP contribution in [0.4, 0.5) is 24.7 Å². The molecule has 1 aliphatic heterocycles. The van der Waals surface area contributed by atoms with Crippen LogP contribution in [-0.4, -0.2) is 32.6 Å². The first-order valence-corrected chi connectivity index (χ1v) is 8.88. The highest BCUT2D eigenvalue weighted by Crippen LogP contribution is 2.43. The molecule has 3 aromatic rings. The van der Waals surface area contributed by atoms with E-state index >= 15 is 0 Å². The third-order valence-corrected chi connectivity index (χ3v) is 4.98. The van der Waals surface area contributed by atoms with E-state index in [1.54, 1.807) is 31.2 Å². The van der Waals surface area contributed by atoms with Gasteiger partial charge in [-0.15, -0.1) is 0 Å². The van der Waals surface area contributed by atoms with E-state index in [0.29, 0.717) is 16.1 Å². The fourth-order valence-electron chi connectivity index (χ4n) is 3.38. The molecule has 7 nitrogen and oxygen atoms in total. The first-order chi connectivity index (χ1) is 14.1. The number of benzene rings is 2. The first kappa shape index (κ1) is 19.8. The second-order valence-corrected chi connectivity index (χ2v) is 6.97. The predicted octanol–water partition coefficient (Wildman–Crippen LogP) is 4.32. The van der Waals surface area contributed by atoms with E-state index in [4.69, 9.17) is 0 Å². The highest BCUT2D eigenvalue weighted by atomic mass is 19.4. The number of hydrazone groups is 1. The Hall–Kier alpha value is -3.53. The molecule has 0 saturated heterocycles. The van der Waals surface area contributed by atoms with Crippen LogP contribution < -0.4 is 5.01 Å². The van der Waals surface area contributed by atoms with Gasteiger partial charge in [0.15, 0.2) is 5.82 Å². The van der Waals surface area contributed by atoms with Crippen molar-refractivity contribution in [2.24, 2.45) is 5.10 Å². The molecule has 10 heteroatoms. The largest absolute Gasteiger partial charge is 0.438 e. The number of hydrogen-bond acceptors (Lipinski definition) is 6. The van der Waals surface area contributed by atoms with Gasteiger partial charge < -0.3 is 5.11 Å². The molecule has 1 unspecified atom stereocenters. The predicted molar refractivity (Wildman–Crippen MR) is 104 cm³/mol. The number of aromatic nitrogens is 1. The molecule has 0 bridgehead atoms. The monoisotopic (exact) mass is 416 g/mol. The summed E-state index contributed by atoms with van der Waals surface area (Å²) in [5, 5.41) is 26.7. The van der Waals surface area contributed by atoms with Gasteiger partial charge in [-0.3, -0.25) is 10.1 Å². The standard InChI is InChI=1S/C20H15F3N4O3/c1-12-10-18(24-16-5-3-2-4-15(12)16)26-19(28,20(21,22)23)11-17(25-26)13-6-8-14(9-7-13)27(29)30/h2-10,28H,11H2,1H3. The molecule has 1 aliphatic rings. The Morgan fingerprint density at radius 1 is 1.17 bits per heavy atom. The van der Waals surface area contributed by atoms with Crippen LogP contribution in [0, 0.1) is 17.0 Å². The molecule has 0 fully saturated rings. The second kappa shape index (κ2) is 6.77. The molecule has 0 radical (unpaired) electrons. The van der Waals surface area contributed by atoms with Crippen molar-refractivity contribution in [3.05, 3.63) is 75.8 Å². The summed E-state index contributed by atoms with van der Waals surface area (Å²) in [5.74, 6) is -0.150. The number of pyridine rings is 1. The van der Waals surface area contributed by atoms with Gasteiger partial charge in [0.2, 0.25) is 0 Å². The van der Waals surface area contributed by atoms with Crippen molar-refractivity contribution in [3.8, 4) is 0 Å². The molecule has 0 amide bonds. The molecule has 0 aliphatic carbocycles. The minimum absolute atomic E-state index is 0.0580. The van der Waals surface area contributed by atoms with Crippen LogP contribution in [0.15, 0.2) is 59.7 Å². The minimum atomic E-state index is -5.03. The van der Waals surface area contributed by atoms with Crippen molar-refractivity contribution in [1.29, 1.82) is 0 Å². The van der Waals surface area contributed by atoms with E-state index < -0.39 is 23.2 Å². The van der Waals surface area contributed by atoms with Crippen LogP contribution >= 0.6 is 0 Å². The Morgan fingerprint density at radius 3 is 2.47 bits per heavy atom. The van der Waals surface area contributed by atoms with Gasteiger partial charge in [-0.2, -0.15) is 18.3 Å². The highest BCUT2D eigenvalue weighted by molar-refractivity contribution is 6.03. The van der Waals surface area contributed by atoms with E-state index in [9.17, 15) is 28.4 Å². The van der Waals surface area contributed by atoms with E-state index in [2.05, 4.69) is 10.1 Å². The third kappa shape index (κ3) is 3.14. The van der Waals surface area contributed by atoms with Crippen LogP contribution in [0.1, 0.15) is 17.5 Å². The molecule has 1 atom stereocenters. The Bertz CT molecular complexity index is 1180. The van der Waals surface area contributed by atoms with Gasteiger partial charge in [-0.05, 0) is 42.3 Å². The average Bonchev–Trinajstić information content (AvgIpc) is 3.07. The number of fused-ring (bicyclic) bond motifs is 1. The normalized spacial score (nSPS) is 19.2. The Balaban J connectivity index is 1.83. The molecular weight excluding hydrogens is 401 g/mol. The van der Waals surface area contributed by atoms with Gasteiger partial charge in [0, 0.05) is 17.5 Å².